The molecular weight excluding hydrogens is 350 g/mol. The number of carbonyl (C=O) groups excluding carboxylic acids is 1. The number of nitrogens with zero attached hydrogens (tertiary/aromatic N) is 2. The minimum atomic E-state index is -0.200. The number of nitrogens with two attached hydrogens (primary N) is 2. The van der Waals surface area contributed by atoms with Gasteiger partial charge in [-0.15, -0.1) is 12.6 Å². The number of anilines is 1. The summed E-state index contributed by atoms with van der Waals surface area (Å²) in [6.07, 6.45) is 4.40. The van der Waals surface area contributed by atoms with Crippen molar-refractivity contribution in [2.24, 2.45) is 16.5 Å². The van der Waals surface area contributed by atoms with Crippen LogP contribution in [0.15, 0.2) is 52.1 Å². The second kappa shape index (κ2) is 8.15. The summed E-state index contributed by atoms with van der Waals surface area (Å²) < 4.78 is 0. The van der Waals surface area contributed by atoms with Crippen molar-refractivity contribution in [2.45, 2.75) is 19.1 Å². The maximum absolute atomic E-state index is 12.3. The van der Waals surface area contributed by atoms with Gasteiger partial charge in [-0.05, 0) is 36.7 Å². The monoisotopic (exact) mass is 373 g/mol. The number of amides is 2. The molecular formula is C17H23N7OS. The minimum absolute atomic E-state index is 0.123. The number of rotatable bonds is 7. The first-order chi connectivity index (χ1) is 12.5. The van der Waals surface area contributed by atoms with Crippen molar-refractivity contribution < 1.29 is 4.79 Å². The molecule has 9 heteroatoms. The Balaban J connectivity index is 1.54. The smallest absolute Gasteiger partial charge is 0.327 e. The molecule has 0 aromatic heterocycles. The molecule has 8 nitrogen and oxygen atoms in total. The average Bonchev–Trinajstić information content (AvgIpc) is 2.96. The molecule has 26 heavy (non-hydrogen) atoms. The van der Waals surface area contributed by atoms with Crippen LogP contribution in [0.1, 0.15) is 12.0 Å². The van der Waals surface area contributed by atoms with E-state index in [0.717, 1.165) is 41.4 Å². The molecule has 7 N–H and O–H groups in total. The second-order valence-electron chi connectivity index (χ2n) is 6.06. The molecule has 3 rings (SSSR count). The second-order valence-corrected chi connectivity index (χ2v) is 6.54. The zero-order valence-corrected chi connectivity index (χ0v) is 15.2. The van der Waals surface area contributed by atoms with Crippen molar-refractivity contribution in [2.75, 3.05) is 18.0 Å². The molecule has 0 radical (unpaired) electrons. The van der Waals surface area contributed by atoms with Gasteiger partial charge in [0.1, 0.15) is 6.17 Å². The van der Waals surface area contributed by atoms with Gasteiger partial charge in [-0.2, -0.15) is 0 Å². The fourth-order valence-corrected chi connectivity index (χ4v) is 3.04. The standard InChI is InChI=1S/C17H23N7OS/c18-16(19)21-7-1-6-20-9-11-2-4-13(5-3-11)24-10-12-8-14(26)22-15(12)23-17(24)25/h2-5,8,10,15,20,22,26H,1,6-7,9H2,(H,23,25)(H4,18,19,21). The highest BCUT2D eigenvalue weighted by Gasteiger charge is 2.29. The Hall–Kier alpha value is -2.65. The predicted molar refractivity (Wildman–Crippen MR) is 107 cm³/mol. The van der Waals surface area contributed by atoms with Crippen LogP contribution in [0.3, 0.4) is 0 Å². The maximum Gasteiger partial charge on any atom is 0.327 e. The van der Waals surface area contributed by atoms with Gasteiger partial charge in [-0.3, -0.25) is 9.89 Å². The van der Waals surface area contributed by atoms with Crippen LogP contribution < -0.4 is 32.3 Å². The maximum atomic E-state index is 12.3. The fraction of sp³-hybridized carbons (Fsp3) is 0.294. The van der Waals surface area contributed by atoms with E-state index in [1.807, 2.05) is 36.5 Å². The molecule has 1 aromatic rings. The zero-order chi connectivity index (χ0) is 18.5. The van der Waals surface area contributed by atoms with Crippen molar-refractivity contribution in [3.63, 3.8) is 0 Å². The first-order valence-corrected chi connectivity index (χ1v) is 8.81. The number of urea groups is 1. The van der Waals surface area contributed by atoms with Crippen LogP contribution in [-0.4, -0.2) is 31.2 Å². The van der Waals surface area contributed by atoms with Gasteiger partial charge in [-0.1, -0.05) is 12.1 Å². The van der Waals surface area contributed by atoms with Gasteiger partial charge in [0.05, 0.1) is 10.7 Å². The van der Waals surface area contributed by atoms with Gasteiger partial charge >= 0.3 is 6.03 Å². The van der Waals surface area contributed by atoms with Crippen molar-refractivity contribution in [3.8, 4) is 0 Å². The highest BCUT2D eigenvalue weighted by Crippen LogP contribution is 2.25. The minimum Gasteiger partial charge on any atom is -0.370 e. The molecule has 0 bridgehead atoms. The van der Waals surface area contributed by atoms with E-state index < -0.39 is 0 Å². The third-order valence-electron chi connectivity index (χ3n) is 4.04. The third-order valence-corrected chi connectivity index (χ3v) is 4.30. The lowest BCUT2D eigenvalue weighted by Crippen LogP contribution is -2.51. The van der Waals surface area contributed by atoms with E-state index in [2.05, 4.69) is 33.6 Å². The van der Waals surface area contributed by atoms with E-state index >= 15 is 0 Å². The topological polar surface area (TPSA) is 121 Å². The van der Waals surface area contributed by atoms with E-state index in [1.165, 1.54) is 0 Å². The number of hydrogen-bond acceptors (Lipinski definition) is 5. The molecule has 2 aliphatic heterocycles. The molecule has 1 unspecified atom stereocenters. The lowest BCUT2D eigenvalue weighted by molar-refractivity contribution is 0.244. The number of guanidine groups is 1. The Morgan fingerprint density at radius 1 is 1.27 bits per heavy atom. The molecule has 2 heterocycles. The Labute approximate surface area is 157 Å². The summed E-state index contributed by atoms with van der Waals surface area (Å²) in [6.45, 7) is 2.18. The van der Waals surface area contributed by atoms with E-state index in [1.54, 1.807) is 4.90 Å². The Morgan fingerprint density at radius 3 is 2.77 bits per heavy atom. The molecule has 0 aliphatic carbocycles. The van der Waals surface area contributed by atoms with Crippen LogP contribution in [0.5, 0.6) is 0 Å². The summed E-state index contributed by atoms with van der Waals surface area (Å²) in [7, 11) is 0. The highest BCUT2D eigenvalue weighted by atomic mass is 32.1. The number of aliphatic imine (C=N–C) groups is 1. The average molecular weight is 373 g/mol. The van der Waals surface area contributed by atoms with Crippen LogP contribution >= 0.6 is 12.6 Å². The summed E-state index contributed by atoms with van der Waals surface area (Å²) in [5.74, 6) is 0.123. The summed E-state index contributed by atoms with van der Waals surface area (Å²) in [5, 5.41) is 10.1. The lowest BCUT2D eigenvalue weighted by atomic mass is 10.1. The molecule has 138 valence electrons. The number of nitrogens with one attached hydrogen (secondary N) is 3. The van der Waals surface area contributed by atoms with E-state index in [9.17, 15) is 4.79 Å². The van der Waals surface area contributed by atoms with Gasteiger partial charge in [0.25, 0.3) is 0 Å². The SMILES string of the molecule is NC(N)=NCCCNCc1ccc(N2C=C3C=C(S)NC3NC2=O)cc1. The van der Waals surface area contributed by atoms with Crippen molar-refractivity contribution in [3.05, 3.63) is 52.7 Å². The molecule has 2 amide bonds. The highest BCUT2D eigenvalue weighted by molar-refractivity contribution is 7.84. The largest absolute Gasteiger partial charge is 0.370 e. The van der Waals surface area contributed by atoms with Crippen LogP contribution in [-0.2, 0) is 6.54 Å². The first kappa shape index (κ1) is 18.2. The fourth-order valence-electron chi connectivity index (χ4n) is 2.76. The number of benzene rings is 1. The van der Waals surface area contributed by atoms with Crippen molar-refractivity contribution >= 4 is 30.3 Å². The molecule has 0 spiro atoms. The summed E-state index contributed by atoms with van der Waals surface area (Å²) in [5.41, 5.74) is 13.5. The van der Waals surface area contributed by atoms with Gasteiger partial charge < -0.3 is 27.4 Å². The van der Waals surface area contributed by atoms with E-state index in [0.29, 0.717) is 6.54 Å². The Bertz CT molecular complexity index is 753. The van der Waals surface area contributed by atoms with Crippen LogP contribution in [0.25, 0.3) is 0 Å². The lowest BCUT2D eigenvalue weighted by Gasteiger charge is -2.29. The molecule has 1 aromatic carbocycles. The van der Waals surface area contributed by atoms with Crippen LogP contribution in [0.4, 0.5) is 10.5 Å². The van der Waals surface area contributed by atoms with Crippen LogP contribution in [0.2, 0.25) is 0 Å². The Kier molecular flexibility index (Phi) is 5.69. The van der Waals surface area contributed by atoms with Gasteiger partial charge in [-0.25, -0.2) is 4.79 Å². The number of thiol groups is 1. The van der Waals surface area contributed by atoms with E-state index in [4.69, 9.17) is 11.5 Å². The predicted octanol–water partition coefficient (Wildman–Crippen LogP) is 0.554. The summed E-state index contributed by atoms with van der Waals surface area (Å²) >= 11 is 4.28. The third kappa shape index (κ3) is 4.50. The quantitative estimate of drug-likeness (QED) is 0.180. The molecule has 0 saturated carbocycles. The van der Waals surface area contributed by atoms with Crippen LogP contribution in [0, 0.1) is 0 Å². The number of hydrogen-bond donors (Lipinski definition) is 6. The van der Waals surface area contributed by atoms with Crippen molar-refractivity contribution in [1.29, 1.82) is 0 Å². The first-order valence-electron chi connectivity index (χ1n) is 8.36. The summed E-state index contributed by atoms with van der Waals surface area (Å²) in [4.78, 5) is 17.8. The number of fused-ring (bicyclic) bond motifs is 1. The molecule has 2 aliphatic rings. The van der Waals surface area contributed by atoms with E-state index in [-0.39, 0.29) is 18.2 Å². The normalized spacial score (nSPS) is 18.4. The van der Waals surface area contributed by atoms with Gasteiger partial charge in [0.15, 0.2) is 5.96 Å². The Morgan fingerprint density at radius 2 is 2.04 bits per heavy atom. The van der Waals surface area contributed by atoms with Gasteiger partial charge in [0.2, 0.25) is 0 Å². The van der Waals surface area contributed by atoms with Gasteiger partial charge in [0, 0.05) is 24.9 Å². The molecule has 0 saturated heterocycles. The molecule has 1 atom stereocenters. The van der Waals surface area contributed by atoms with Crippen molar-refractivity contribution in [1.82, 2.24) is 16.0 Å². The number of carbonyl (C=O) groups is 1. The molecule has 0 fully saturated rings. The zero-order valence-electron chi connectivity index (χ0n) is 14.3. The summed E-state index contributed by atoms with van der Waals surface area (Å²) in [6, 6.07) is 7.70.